The predicted molar refractivity (Wildman–Crippen MR) is 98.5 cm³/mol. The molecule has 0 saturated heterocycles. The Labute approximate surface area is 161 Å². The van der Waals surface area contributed by atoms with Gasteiger partial charge in [0.05, 0.1) is 5.56 Å². The number of aromatic nitrogens is 1. The van der Waals surface area contributed by atoms with E-state index in [1.54, 1.807) is 30.3 Å². The first-order valence-corrected chi connectivity index (χ1v) is 8.39. The standard InChI is InChI=1S/C21H12F3NO4/c22-21(23,24)28-16-7-4-12(5-8-16)13-6-9-17-18(11-13)29-25-19(17)14-2-1-3-15(10-14)20(26)27/h1-11H,(H,26,27). The van der Waals surface area contributed by atoms with E-state index in [4.69, 9.17) is 9.63 Å². The fourth-order valence-corrected chi connectivity index (χ4v) is 2.97. The van der Waals surface area contributed by atoms with Crippen molar-refractivity contribution in [1.82, 2.24) is 5.16 Å². The van der Waals surface area contributed by atoms with Gasteiger partial charge >= 0.3 is 12.3 Å². The molecule has 0 unspecified atom stereocenters. The van der Waals surface area contributed by atoms with Crippen LogP contribution in [-0.4, -0.2) is 22.6 Å². The molecule has 0 spiro atoms. The number of nitrogens with zero attached hydrogens (tertiary/aromatic N) is 1. The summed E-state index contributed by atoms with van der Waals surface area (Å²) in [4.78, 5) is 11.2. The number of ether oxygens (including phenoxy) is 1. The van der Waals surface area contributed by atoms with E-state index in [0.717, 1.165) is 5.56 Å². The lowest BCUT2D eigenvalue weighted by molar-refractivity contribution is -0.274. The Morgan fingerprint density at radius 2 is 1.66 bits per heavy atom. The van der Waals surface area contributed by atoms with E-state index >= 15 is 0 Å². The quantitative estimate of drug-likeness (QED) is 0.472. The predicted octanol–water partition coefficient (Wildman–Crippen LogP) is 5.76. The van der Waals surface area contributed by atoms with Crippen molar-refractivity contribution < 1.29 is 32.3 Å². The van der Waals surface area contributed by atoms with Crippen LogP contribution in [0.2, 0.25) is 0 Å². The third-order valence-electron chi connectivity index (χ3n) is 4.28. The van der Waals surface area contributed by atoms with E-state index in [9.17, 15) is 18.0 Å². The van der Waals surface area contributed by atoms with Crippen LogP contribution >= 0.6 is 0 Å². The smallest absolute Gasteiger partial charge is 0.478 e. The first kappa shape index (κ1) is 18.5. The van der Waals surface area contributed by atoms with Gasteiger partial charge in [-0.15, -0.1) is 13.2 Å². The molecule has 4 aromatic rings. The number of fused-ring (bicyclic) bond motifs is 1. The van der Waals surface area contributed by atoms with Gasteiger partial charge in [-0.2, -0.15) is 0 Å². The molecule has 1 aromatic heterocycles. The van der Waals surface area contributed by atoms with Gasteiger partial charge in [0, 0.05) is 10.9 Å². The minimum absolute atomic E-state index is 0.136. The molecule has 146 valence electrons. The van der Waals surface area contributed by atoms with Gasteiger partial charge in [-0.25, -0.2) is 4.79 Å². The molecule has 0 aliphatic heterocycles. The van der Waals surface area contributed by atoms with Crippen LogP contribution in [0.3, 0.4) is 0 Å². The van der Waals surface area contributed by atoms with Crippen LogP contribution in [0.15, 0.2) is 71.3 Å². The average Bonchev–Trinajstić information content (AvgIpc) is 3.10. The lowest BCUT2D eigenvalue weighted by Gasteiger charge is -2.09. The second-order valence-corrected chi connectivity index (χ2v) is 6.20. The zero-order valence-electron chi connectivity index (χ0n) is 14.6. The highest BCUT2D eigenvalue weighted by atomic mass is 19.4. The van der Waals surface area contributed by atoms with Crippen LogP contribution in [-0.2, 0) is 0 Å². The number of rotatable bonds is 4. The summed E-state index contributed by atoms with van der Waals surface area (Å²) in [6, 6.07) is 17.1. The number of hydrogen-bond donors (Lipinski definition) is 1. The lowest BCUT2D eigenvalue weighted by Crippen LogP contribution is -2.16. The fourth-order valence-electron chi connectivity index (χ4n) is 2.97. The molecule has 0 aliphatic carbocycles. The monoisotopic (exact) mass is 399 g/mol. The van der Waals surface area contributed by atoms with Gasteiger partial charge in [0.2, 0.25) is 0 Å². The van der Waals surface area contributed by atoms with Crippen molar-refractivity contribution in [3.8, 4) is 28.1 Å². The molecule has 0 atom stereocenters. The van der Waals surface area contributed by atoms with Gasteiger partial charge in [0.1, 0.15) is 11.4 Å². The second kappa shape index (κ2) is 6.97. The molecule has 3 aromatic carbocycles. The van der Waals surface area contributed by atoms with Crippen molar-refractivity contribution in [2.75, 3.05) is 0 Å². The summed E-state index contributed by atoms with van der Waals surface area (Å²) in [5, 5.41) is 13.9. The number of halogens is 3. The van der Waals surface area contributed by atoms with Gasteiger partial charge in [-0.3, -0.25) is 0 Å². The van der Waals surface area contributed by atoms with Crippen LogP contribution in [0.5, 0.6) is 5.75 Å². The Balaban J connectivity index is 1.66. The van der Waals surface area contributed by atoms with E-state index in [0.29, 0.717) is 27.8 Å². The third-order valence-corrected chi connectivity index (χ3v) is 4.28. The van der Waals surface area contributed by atoms with Crippen molar-refractivity contribution in [1.29, 1.82) is 0 Å². The summed E-state index contributed by atoms with van der Waals surface area (Å²) in [7, 11) is 0. The van der Waals surface area contributed by atoms with E-state index in [-0.39, 0.29) is 11.3 Å². The van der Waals surface area contributed by atoms with E-state index < -0.39 is 12.3 Å². The molecule has 0 aliphatic rings. The van der Waals surface area contributed by atoms with Crippen molar-refractivity contribution in [2.45, 2.75) is 6.36 Å². The lowest BCUT2D eigenvalue weighted by atomic mass is 10.0. The van der Waals surface area contributed by atoms with Crippen molar-refractivity contribution in [3.05, 3.63) is 72.3 Å². The van der Waals surface area contributed by atoms with Gasteiger partial charge in [-0.05, 0) is 47.5 Å². The molecule has 0 radical (unpaired) electrons. The van der Waals surface area contributed by atoms with Crippen LogP contribution in [0.4, 0.5) is 13.2 Å². The SMILES string of the molecule is O=C(O)c1cccc(-c2noc3cc(-c4ccc(OC(F)(F)F)cc4)ccc23)c1. The van der Waals surface area contributed by atoms with Crippen LogP contribution in [0.25, 0.3) is 33.4 Å². The molecule has 1 heterocycles. The fraction of sp³-hybridized carbons (Fsp3) is 0.0476. The van der Waals surface area contributed by atoms with Crippen molar-refractivity contribution in [2.24, 2.45) is 0 Å². The van der Waals surface area contributed by atoms with E-state index in [1.807, 2.05) is 0 Å². The largest absolute Gasteiger partial charge is 0.573 e. The molecule has 0 amide bonds. The Kier molecular flexibility index (Phi) is 4.46. The molecule has 4 rings (SSSR count). The number of benzene rings is 3. The zero-order valence-corrected chi connectivity index (χ0v) is 14.6. The van der Waals surface area contributed by atoms with Crippen molar-refractivity contribution in [3.63, 3.8) is 0 Å². The minimum atomic E-state index is -4.74. The normalized spacial score (nSPS) is 11.6. The number of aromatic carboxylic acids is 1. The van der Waals surface area contributed by atoms with Crippen LogP contribution in [0, 0.1) is 0 Å². The number of carboxylic acid groups (broad SMARTS) is 1. The summed E-state index contributed by atoms with van der Waals surface area (Å²) in [6.45, 7) is 0. The first-order chi connectivity index (χ1) is 13.8. The third kappa shape index (κ3) is 3.91. The topological polar surface area (TPSA) is 72.6 Å². The summed E-state index contributed by atoms with van der Waals surface area (Å²) in [6.07, 6.45) is -4.74. The van der Waals surface area contributed by atoms with E-state index in [2.05, 4.69) is 9.89 Å². The van der Waals surface area contributed by atoms with Gasteiger partial charge < -0.3 is 14.4 Å². The maximum atomic E-state index is 12.3. The average molecular weight is 399 g/mol. The highest BCUT2D eigenvalue weighted by molar-refractivity contribution is 5.96. The molecule has 29 heavy (non-hydrogen) atoms. The Hall–Kier alpha value is -3.81. The Morgan fingerprint density at radius 1 is 0.931 bits per heavy atom. The first-order valence-electron chi connectivity index (χ1n) is 8.39. The summed E-state index contributed by atoms with van der Waals surface area (Å²) < 4.78 is 46.1. The molecule has 0 fully saturated rings. The van der Waals surface area contributed by atoms with Gasteiger partial charge in [0.25, 0.3) is 0 Å². The van der Waals surface area contributed by atoms with Crippen LogP contribution in [0.1, 0.15) is 10.4 Å². The highest BCUT2D eigenvalue weighted by Crippen LogP contribution is 2.33. The molecule has 0 saturated carbocycles. The van der Waals surface area contributed by atoms with Gasteiger partial charge in [-0.1, -0.05) is 35.5 Å². The van der Waals surface area contributed by atoms with E-state index in [1.165, 1.54) is 36.4 Å². The zero-order chi connectivity index (χ0) is 20.6. The maximum absolute atomic E-state index is 12.3. The summed E-state index contributed by atoms with van der Waals surface area (Å²) in [5.74, 6) is -1.34. The number of carbonyl (C=O) groups is 1. The summed E-state index contributed by atoms with van der Waals surface area (Å²) >= 11 is 0. The second-order valence-electron chi connectivity index (χ2n) is 6.20. The van der Waals surface area contributed by atoms with Gasteiger partial charge in [0.15, 0.2) is 5.58 Å². The summed E-state index contributed by atoms with van der Waals surface area (Å²) in [5.41, 5.74) is 3.10. The Morgan fingerprint density at radius 3 is 2.34 bits per heavy atom. The molecular formula is C21H12F3NO4. The molecular weight excluding hydrogens is 387 g/mol. The molecule has 8 heteroatoms. The minimum Gasteiger partial charge on any atom is -0.478 e. The van der Waals surface area contributed by atoms with Crippen molar-refractivity contribution >= 4 is 16.9 Å². The maximum Gasteiger partial charge on any atom is 0.573 e. The number of hydrogen-bond acceptors (Lipinski definition) is 4. The highest BCUT2D eigenvalue weighted by Gasteiger charge is 2.31. The Bertz CT molecular complexity index is 1200. The molecule has 1 N–H and O–H groups in total. The van der Waals surface area contributed by atoms with Crippen LogP contribution < -0.4 is 4.74 Å². The number of alkyl halides is 3. The molecule has 5 nitrogen and oxygen atoms in total. The molecule has 0 bridgehead atoms. The number of carboxylic acids is 1.